The van der Waals surface area contributed by atoms with Gasteiger partial charge in [-0.2, -0.15) is 11.8 Å². The Kier molecular flexibility index (Phi) is 3.97. The van der Waals surface area contributed by atoms with Crippen LogP contribution in [-0.4, -0.2) is 33.9 Å². The fraction of sp³-hybridized carbons (Fsp3) is 0.562. The number of carbonyl (C=O) groups excluding carboxylic acids is 1. The molecule has 3 atom stereocenters. The van der Waals surface area contributed by atoms with Gasteiger partial charge < -0.3 is 4.90 Å². The maximum absolute atomic E-state index is 13.5. The average molecular weight is 308 g/mol. The third kappa shape index (κ3) is 2.94. The Morgan fingerprint density at radius 2 is 2.33 bits per heavy atom. The molecule has 0 saturated carbocycles. The minimum atomic E-state index is -0.261. The summed E-state index contributed by atoms with van der Waals surface area (Å²) in [6.07, 6.45) is 2.11. The van der Waals surface area contributed by atoms with Crippen molar-refractivity contribution in [3.8, 4) is 0 Å². The lowest BCUT2D eigenvalue weighted by Crippen LogP contribution is -2.40. The van der Waals surface area contributed by atoms with E-state index in [1.807, 2.05) is 29.7 Å². The van der Waals surface area contributed by atoms with Crippen LogP contribution in [0.3, 0.4) is 0 Å². The van der Waals surface area contributed by atoms with Gasteiger partial charge in [0.2, 0.25) is 5.91 Å². The molecule has 114 valence electrons. The summed E-state index contributed by atoms with van der Waals surface area (Å²) >= 11 is 1.94. The molecule has 1 amide bonds. The molecule has 3 nitrogen and oxygen atoms in total. The molecule has 2 saturated heterocycles. The average Bonchev–Trinajstić information content (AvgIpc) is 2.98. The highest BCUT2D eigenvalue weighted by Gasteiger charge is 2.42. The Hall–Kier alpha value is -1.07. The zero-order valence-corrected chi connectivity index (χ0v) is 13.3. The van der Waals surface area contributed by atoms with Crippen LogP contribution in [-0.2, 0) is 4.79 Å². The lowest BCUT2D eigenvalue weighted by Gasteiger charge is -2.33. The highest BCUT2D eigenvalue weighted by molar-refractivity contribution is 8.00. The van der Waals surface area contributed by atoms with Crippen molar-refractivity contribution in [3.05, 3.63) is 35.6 Å². The standard InChI is InChI=1S/C16H21FN2OS/c1-11-15(20)19(10-16(2)7-4-8-21-16)14(18-11)12-5-3-6-13(17)9-12/h3,5-6,9,11,14,18H,4,7-8,10H2,1-2H3. The molecule has 3 rings (SSSR count). The number of thioether (sulfide) groups is 1. The predicted octanol–water partition coefficient (Wildman–Crippen LogP) is 2.93. The van der Waals surface area contributed by atoms with Gasteiger partial charge in [-0.3, -0.25) is 10.1 Å². The molecule has 2 aliphatic rings. The Bertz CT molecular complexity index is 545. The molecule has 21 heavy (non-hydrogen) atoms. The topological polar surface area (TPSA) is 32.3 Å². The molecule has 3 unspecified atom stereocenters. The van der Waals surface area contributed by atoms with Crippen LogP contribution in [0.5, 0.6) is 0 Å². The first-order chi connectivity index (χ1) is 9.98. The van der Waals surface area contributed by atoms with Crippen LogP contribution in [0.2, 0.25) is 0 Å². The van der Waals surface area contributed by atoms with Crippen molar-refractivity contribution in [1.82, 2.24) is 10.2 Å². The van der Waals surface area contributed by atoms with E-state index in [-0.39, 0.29) is 28.7 Å². The molecule has 0 bridgehead atoms. The molecule has 2 aliphatic heterocycles. The second-order valence-corrected chi connectivity index (χ2v) is 7.90. The molecule has 2 fully saturated rings. The maximum atomic E-state index is 13.5. The molecule has 1 N–H and O–H groups in total. The number of hydrogen-bond donors (Lipinski definition) is 1. The van der Waals surface area contributed by atoms with Gasteiger partial charge in [-0.1, -0.05) is 12.1 Å². The summed E-state index contributed by atoms with van der Waals surface area (Å²) in [6.45, 7) is 4.82. The summed E-state index contributed by atoms with van der Waals surface area (Å²) in [7, 11) is 0. The maximum Gasteiger partial charge on any atom is 0.241 e. The second-order valence-electron chi connectivity index (χ2n) is 6.21. The summed E-state index contributed by atoms with van der Waals surface area (Å²) in [5.74, 6) is 1.01. The Morgan fingerprint density at radius 1 is 1.52 bits per heavy atom. The summed E-state index contributed by atoms with van der Waals surface area (Å²) in [4.78, 5) is 14.4. The van der Waals surface area contributed by atoms with Crippen LogP contribution in [0.25, 0.3) is 0 Å². The van der Waals surface area contributed by atoms with Gasteiger partial charge in [-0.15, -0.1) is 0 Å². The smallest absolute Gasteiger partial charge is 0.241 e. The van der Waals surface area contributed by atoms with E-state index in [4.69, 9.17) is 0 Å². The largest absolute Gasteiger partial charge is 0.320 e. The van der Waals surface area contributed by atoms with E-state index in [0.717, 1.165) is 24.3 Å². The van der Waals surface area contributed by atoms with E-state index in [9.17, 15) is 9.18 Å². The van der Waals surface area contributed by atoms with E-state index < -0.39 is 0 Å². The Morgan fingerprint density at radius 3 is 3.00 bits per heavy atom. The number of nitrogens with one attached hydrogen (secondary N) is 1. The van der Waals surface area contributed by atoms with Crippen LogP contribution >= 0.6 is 11.8 Å². The van der Waals surface area contributed by atoms with Crippen LogP contribution in [0.1, 0.15) is 38.4 Å². The molecule has 0 aromatic heterocycles. The number of nitrogens with zero attached hydrogens (tertiary/aromatic N) is 1. The van der Waals surface area contributed by atoms with Crippen LogP contribution in [0.4, 0.5) is 4.39 Å². The summed E-state index contributed by atoms with van der Waals surface area (Å²) in [5.41, 5.74) is 0.819. The highest BCUT2D eigenvalue weighted by Crippen LogP contribution is 2.40. The van der Waals surface area contributed by atoms with Gasteiger partial charge in [-0.05, 0) is 50.1 Å². The first-order valence-electron chi connectivity index (χ1n) is 7.44. The molecular weight excluding hydrogens is 287 g/mol. The van der Waals surface area contributed by atoms with Gasteiger partial charge in [0.1, 0.15) is 12.0 Å². The van der Waals surface area contributed by atoms with Crippen molar-refractivity contribution in [2.45, 2.75) is 43.6 Å². The van der Waals surface area contributed by atoms with Gasteiger partial charge in [0.15, 0.2) is 0 Å². The van der Waals surface area contributed by atoms with Crippen molar-refractivity contribution in [3.63, 3.8) is 0 Å². The summed E-state index contributed by atoms with van der Waals surface area (Å²) in [5, 5.41) is 3.29. The molecule has 0 radical (unpaired) electrons. The van der Waals surface area contributed by atoms with Crippen molar-refractivity contribution in [1.29, 1.82) is 0 Å². The zero-order chi connectivity index (χ0) is 15.0. The van der Waals surface area contributed by atoms with Gasteiger partial charge in [0.25, 0.3) is 0 Å². The lowest BCUT2D eigenvalue weighted by atomic mass is 10.0. The number of halogens is 1. The first kappa shape index (κ1) is 14.9. The fourth-order valence-electron chi connectivity index (χ4n) is 3.22. The normalized spacial score (nSPS) is 32.9. The van der Waals surface area contributed by atoms with Gasteiger partial charge in [0, 0.05) is 11.3 Å². The molecule has 2 heterocycles. The van der Waals surface area contributed by atoms with Crippen molar-refractivity contribution in [2.75, 3.05) is 12.3 Å². The Balaban J connectivity index is 1.86. The number of benzene rings is 1. The van der Waals surface area contributed by atoms with E-state index in [1.54, 1.807) is 6.07 Å². The van der Waals surface area contributed by atoms with E-state index in [0.29, 0.717) is 0 Å². The van der Waals surface area contributed by atoms with Gasteiger partial charge in [0.05, 0.1) is 6.04 Å². The molecule has 0 spiro atoms. The quantitative estimate of drug-likeness (QED) is 0.932. The SMILES string of the molecule is CC1NC(c2cccc(F)c2)N(CC2(C)CCCS2)C1=O. The summed E-state index contributed by atoms with van der Waals surface area (Å²) in [6, 6.07) is 6.31. The third-order valence-corrected chi connectivity index (χ3v) is 5.87. The number of hydrogen-bond acceptors (Lipinski definition) is 3. The highest BCUT2D eigenvalue weighted by atomic mass is 32.2. The van der Waals surface area contributed by atoms with E-state index >= 15 is 0 Å². The van der Waals surface area contributed by atoms with Crippen molar-refractivity contribution >= 4 is 17.7 Å². The number of rotatable bonds is 3. The third-order valence-electron chi connectivity index (χ3n) is 4.34. The second kappa shape index (κ2) is 5.61. The molecular formula is C16H21FN2OS. The Labute approximate surface area is 129 Å². The van der Waals surface area contributed by atoms with Crippen LogP contribution in [0, 0.1) is 5.82 Å². The first-order valence-corrected chi connectivity index (χ1v) is 8.43. The summed E-state index contributed by atoms with van der Waals surface area (Å²) < 4.78 is 13.6. The van der Waals surface area contributed by atoms with Crippen LogP contribution in [0.15, 0.2) is 24.3 Å². The van der Waals surface area contributed by atoms with Gasteiger partial charge in [-0.25, -0.2) is 4.39 Å². The number of carbonyl (C=O) groups is 1. The minimum absolute atomic E-state index is 0.109. The molecule has 5 heteroatoms. The zero-order valence-electron chi connectivity index (χ0n) is 12.4. The molecule has 0 aliphatic carbocycles. The minimum Gasteiger partial charge on any atom is -0.320 e. The number of amides is 1. The predicted molar refractivity (Wildman–Crippen MR) is 83.5 cm³/mol. The fourth-order valence-corrected chi connectivity index (χ4v) is 4.52. The molecule has 1 aromatic rings. The van der Waals surface area contributed by atoms with E-state index in [1.165, 1.54) is 18.6 Å². The van der Waals surface area contributed by atoms with Gasteiger partial charge >= 0.3 is 0 Å². The molecule has 1 aromatic carbocycles. The lowest BCUT2D eigenvalue weighted by molar-refractivity contribution is -0.130. The van der Waals surface area contributed by atoms with E-state index in [2.05, 4.69) is 12.2 Å². The van der Waals surface area contributed by atoms with Crippen molar-refractivity contribution < 1.29 is 9.18 Å². The van der Waals surface area contributed by atoms with Crippen LogP contribution < -0.4 is 5.32 Å². The monoisotopic (exact) mass is 308 g/mol. The van der Waals surface area contributed by atoms with Crippen molar-refractivity contribution in [2.24, 2.45) is 0 Å².